The van der Waals surface area contributed by atoms with Gasteiger partial charge in [-0.05, 0) is 62.2 Å². The Labute approximate surface area is 154 Å². The maximum absolute atomic E-state index is 12.8. The predicted molar refractivity (Wildman–Crippen MR) is 101 cm³/mol. The van der Waals surface area contributed by atoms with Crippen LogP contribution >= 0.6 is 0 Å². The lowest BCUT2D eigenvalue weighted by Gasteiger charge is -2.41. The van der Waals surface area contributed by atoms with Crippen LogP contribution in [0.1, 0.15) is 47.8 Å². The molecule has 1 heterocycles. The average molecular weight is 349 g/mol. The van der Waals surface area contributed by atoms with Crippen LogP contribution in [-0.4, -0.2) is 35.2 Å². The van der Waals surface area contributed by atoms with Gasteiger partial charge in [0.25, 0.3) is 5.91 Å². The lowest BCUT2D eigenvalue weighted by molar-refractivity contribution is 0.0460. The van der Waals surface area contributed by atoms with E-state index in [2.05, 4.69) is 11.8 Å². The minimum Gasteiger partial charge on any atom is -0.497 e. The Bertz CT molecular complexity index is 853. The predicted octanol–water partition coefficient (Wildman–Crippen LogP) is 3.40. The molecule has 4 heteroatoms. The molecule has 26 heavy (non-hydrogen) atoms. The fraction of sp³-hybridized carbons (Fsp3) is 0.318. The molecule has 0 radical (unpaired) electrons. The monoisotopic (exact) mass is 349 g/mol. The Kier molecular flexibility index (Phi) is 5.01. The molecular weight excluding hydrogens is 326 g/mol. The first-order chi connectivity index (χ1) is 12.4. The summed E-state index contributed by atoms with van der Waals surface area (Å²) in [5, 5.41) is 9.67. The van der Waals surface area contributed by atoms with E-state index in [0.29, 0.717) is 5.56 Å². The van der Waals surface area contributed by atoms with Crippen LogP contribution in [0.25, 0.3) is 0 Å². The maximum Gasteiger partial charge on any atom is 0.254 e. The number of hydrogen-bond acceptors (Lipinski definition) is 3. The summed E-state index contributed by atoms with van der Waals surface area (Å²) >= 11 is 0. The molecule has 0 saturated carbocycles. The highest BCUT2D eigenvalue weighted by Crippen LogP contribution is 2.35. The van der Waals surface area contributed by atoms with Crippen molar-refractivity contribution in [3.8, 4) is 17.6 Å². The van der Waals surface area contributed by atoms with Gasteiger partial charge in [-0.15, -0.1) is 0 Å². The molecule has 0 bridgehead atoms. The third kappa shape index (κ3) is 4.07. The zero-order valence-electron chi connectivity index (χ0n) is 15.3. The van der Waals surface area contributed by atoms with Crippen LogP contribution in [-0.2, 0) is 0 Å². The second-order valence-corrected chi connectivity index (χ2v) is 6.97. The lowest BCUT2D eigenvalue weighted by atomic mass is 9.93. The van der Waals surface area contributed by atoms with Crippen molar-refractivity contribution in [1.82, 2.24) is 4.90 Å². The lowest BCUT2D eigenvalue weighted by Crippen LogP contribution is -2.45. The molecule has 1 aliphatic heterocycles. The van der Waals surface area contributed by atoms with E-state index in [9.17, 15) is 9.90 Å². The topological polar surface area (TPSA) is 49.8 Å². The number of benzene rings is 2. The highest BCUT2D eigenvalue weighted by atomic mass is 16.5. The van der Waals surface area contributed by atoms with Gasteiger partial charge in [0.05, 0.1) is 13.2 Å². The number of hydrogen-bond donors (Lipinski definition) is 1. The number of nitrogens with zero attached hydrogens (tertiary/aromatic N) is 1. The highest BCUT2D eigenvalue weighted by Gasteiger charge is 2.33. The van der Waals surface area contributed by atoms with Crippen molar-refractivity contribution in [2.75, 3.05) is 13.7 Å². The largest absolute Gasteiger partial charge is 0.497 e. The van der Waals surface area contributed by atoms with Gasteiger partial charge in [0.1, 0.15) is 11.4 Å². The Balaban J connectivity index is 1.73. The standard InChI is InChI=1S/C22H23NO3/c1-22(2,25)13-11-16-7-9-17(10-8-16)21(24)23-14-12-20(23)18-5-4-6-19(15-18)26-3/h4-10,15,20,25H,12,14H2,1-3H3/t20-/m0/s1. The molecule has 1 N–H and O–H groups in total. The minimum atomic E-state index is -1.03. The van der Waals surface area contributed by atoms with Crippen LogP contribution in [0.15, 0.2) is 48.5 Å². The second-order valence-electron chi connectivity index (χ2n) is 6.97. The molecule has 0 unspecified atom stereocenters. The third-order valence-electron chi connectivity index (χ3n) is 4.40. The van der Waals surface area contributed by atoms with Crippen molar-refractivity contribution in [3.63, 3.8) is 0 Å². The maximum atomic E-state index is 12.8. The molecular formula is C22H23NO3. The summed E-state index contributed by atoms with van der Waals surface area (Å²) in [4.78, 5) is 14.7. The van der Waals surface area contributed by atoms with Gasteiger partial charge in [-0.1, -0.05) is 24.0 Å². The first-order valence-electron chi connectivity index (χ1n) is 8.68. The summed E-state index contributed by atoms with van der Waals surface area (Å²) in [7, 11) is 1.64. The summed E-state index contributed by atoms with van der Waals surface area (Å²) in [6.07, 6.45) is 0.952. The van der Waals surface area contributed by atoms with Gasteiger partial charge in [0.15, 0.2) is 0 Å². The van der Waals surface area contributed by atoms with E-state index in [1.807, 2.05) is 41.3 Å². The fourth-order valence-electron chi connectivity index (χ4n) is 2.91. The molecule has 0 spiro atoms. The van der Waals surface area contributed by atoms with Crippen LogP contribution < -0.4 is 4.74 Å². The van der Waals surface area contributed by atoms with E-state index in [1.54, 1.807) is 33.1 Å². The quantitative estimate of drug-likeness (QED) is 0.864. The number of carbonyl (C=O) groups is 1. The zero-order valence-corrected chi connectivity index (χ0v) is 15.3. The molecule has 1 aliphatic rings. The summed E-state index contributed by atoms with van der Waals surface area (Å²) in [6, 6.07) is 15.2. The van der Waals surface area contributed by atoms with Gasteiger partial charge in [0, 0.05) is 17.7 Å². The first kappa shape index (κ1) is 18.0. The highest BCUT2D eigenvalue weighted by molar-refractivity contribution is 5.95. The van der Waals surface area contributed by atoms with E-state index >= 15 is 0 Å². The van der Waals surface area contributed by atoms with Crippen LogP contribution in [0.4, 0.5) is 0 Å². The number of ether oxygens (including phenoxy) is 1. The second kappa shape index (κ2) is 7.23. The molecule has 134 valence electrons. The van der Waals surface area contributed by atoms with Crippen molar-refractivity contribution in [3.05, 3.63) is 65.2 Å². The van der Waals surface area contributed by atoms with E-state index in [0.717, 1.165) is 29.8 Å². The molecule has 1 amide bonds. The van der Waals surface area contributed by atoms with Gasteiger partial charge >= 0.3 is 0 Å². The van der Waals surface area contributed by atoms with Crippen LogP contribution in [0.3, 0.4) is 0 Å². The molecule has 2 aromatic carbocycles. The van der Waals surface area contributed by atoms with E-state index < -0.39 is 5.60 Å². The summed E-state index contributed by atoms with van der Waals surface area (Å²) in [5.74, 6) is 6.51. The Morgan fingerprint density at radius 2 is 1.96 bits per heavy atom. The number of rotatable bonds is 3. The van der Waals surface area contributed by atoms with Crippen molar-refractivity contribution in [2.24, 2.45) is 0 Å². The van der Waals surface area contributed by atoms with Gasteiger partial charge in [-0.25, -0.2) is 0 Å². The molecule has 0 aromatic heterocycles. The molecule has 1 fully saturated rings. The molecule has 1 atom stereocenters. The van der Waals surface area contributed by atoms with Crippen molar-refractivity contribution < 1.29 is 14.6 Å². The van der Waals surface area contributed by atoms with Gasteiger partial charge < -0.3 is 14.7 Å². The van der Waals surface area contributed by atoms with Crippen LogP contribution in [0, 0.1) is 11.8 Å². The normalized spacial score (nSPS) is 16.3. The number of amides is 1. The van der Waals surface area contributed by atoms with Crippen molar-refractivity contribution in [1.29, 1.82) is 0 Å². The number of methoxy groups -OCH3 is 1. The van der Waals surface area contributed by atoms with E-state index in [-0.39, 0.29) is 11.9 Å². The fourth-order valence-corrected chi connectivity index (χ4v) is 2.91. The number of aliphatic hydroxyl groups is 1. The van der Waals surface area contributed by atoms with Gasteiger partial charge in [-0.3, -0.25) is 4.79 Å². The smallest absolute Gasteiger partial charge is 0.254 e. The molecule has 2 aromatic rings. The van der Waals surface area contributed by atoms with Gasteiger partial charge in [0.2, 0.25) is 0 Å². The minimum absolute atomic E-state index is 0.0195. The van der Waals surface area contributed by atoms with E-state index in [4.69, 9.17) is 4.74 Å². The third-order valence-corrected chi connectivity index (χ3v) is 4.40. The van der Waals surface area contributed by atoms with Crippen molar-refractivity contribution >= 4 is 5.91 Å². The average Bonchev–Trinajstić information content (AvgIpc) is 2.59. The zero-order chi connectivity index (χ0) is 18.7. The summed E-state index contributed by atoms with van der Waals surface area (Å²) in [5.41, 5.74) is 1.48. The van der Waals surface area contributed by atoms with Crippen molar-refractivity contribution in [2.45, 2.75) is 31.9 Å². The van der Waals surface area contributed by atoms with Gasteiger partial charge in [-0.2, -0.15) is 0 Å². The Hall–Kier alpha value is -2.77. The Morgan fingerprint density at radius 3 is 2.54 bits per heavy atom. The van der Waals surface area contributed by atoms with Crippen LogP contribution in [0.2, 0.25) is 0 Å². The van der Waals surface area contributed by atoms with E-state index in [1.165, 1.54) is 0 Å². The summed E-state index contributed by atoms with van der Waals surface area (Å²) < 4.78 is 5.28. The van der Waals surface area contributed by atoms with Crippen LogP contribution in [0.5, 0.6) is 5.75 Å². The molecule has 3 rings (SSSR count). The SMILES string of the molecule is COc1cccc([C@@H]2CCN2C(=O)c2ccc(C#CC(C)(C)O)cc2)c1. The number of carbonyl (C=O) groups excluding carboxylic acids is 1. The first-order valence-corrected chi connectivity index (χ1v) is 8.68. The molecule has 4 nitrogen and oxygen atoms in total. The molecule has 0 aliphatic carbocycles. The Morgan fingerprint density at radius 1 is 1.23 bits per heavy atom. The summed E-state index contributed by atoms with van der Waals surface area (Å²) in [6.45, 7) is 4.03. The number of likely N-dealkylation sites (tertiary alicyclic amines) is 1. The molecule has 1 saturated heterocycles.